The summed E-state index contributed by atoms with van der Waals surface area (Å²) in [7, 11) is 0. The highest BCUT2D eigenvalue weighted by Gasteiger charge is 2.15. The van der Waals surface area contributed by atoms with E-state index in [1.54, 1.807) is 31.2 Å². The van der Waals surface area contributed by atoms with Crippen molar-refractivity contribution in [3.63, 3.8) is 0 Å². The summed E-state index contributed by atoms with van der Waals surface area (Å²) in [6.07, 6.45) is -0.201. The number of para-hydroxylation sites is 1. The van der Waals surface area contributed by atoms with Gasteiger partial charge in [-0.25, -0.2) is 0 Å². The van der Waals surface area contributed by atoms with Crippen molar-refractivity contribution in [2.75, 3.05) is 5.32 Å². The van der Waals surface area contributed by atoms with Gasteiger partial charge >= 0.3 is 5.97 Å². The lowest BCUT2D eigenvalue weighted by atomic mass is 10.2. The number of ether oxygens (including phenoxy) is 1. The Labute approximate surface area is 155 Å². The molecule has 136 valence electrons. The summed E-state index contributed by atoms with van der Waals surface area (Å²) in [6.45, 7) is 1.56. The fraction of sp³-hybridized carbons (Fsp3) is 0.222. The highest BCUT2D eigenvalue weighted by atomic mass is 35.5. The number of nitrogens with zero attached hydrogens (tertiary/aromatic N) is 1. The van der Waals surface area contributed by atoms with Gasteiger partial charge < -0.3 is 10.1 Å². The number of rotatable bonds is 7. The van der Waals surface area contributed by atoms with Crippen LogP contribution in [0.4, 0.5) is 11.4 Å². The summed E-state index contributed by atoms with van der Waals surface area (Å²) in [4.78, 5) is 34.1. The summed E-state index contributed by atoms with van der Waals surface area (Å²) in [6, 6.07) is 11.1. The first-order chi connectivity index (χ1) is 12.4. The number of hydrogen-bond donors (Lipinski definition) is 1. The number of anilines is 1. The van der Waals surface area contributed by atoms with E-state index in [0.717, 1.165) is 5.56 Å². The first-order valence-corrected chi connectivity index (χ1v) is 8.19. The highest BCUT2D eigenvalue weighted by molar-refractivity contribution is 6.31. The number of carbonyl (C=O) groups is 2. The van der Waals surface area contributed by atoms with Gasteiger partial charge in [-0.15, -0.1) is 0 Å². The van der Waals surface area contributed by atoms with Crippen LogP contribution in [-0.2, 0) is 20.9 Å². The summed E-state index contributed by atoms with van der Waals surface area (Å²) < 4.78 is 5.02. The van der Waals surface area contributed by atoms with Gasteiger partial charge in [0.15, 0.2) is 0 Å². The van der Waals surface area contributed by atoms with Gasteiger partial charge in [0, 0.05) is 23.2 Å². The number of esters is 1. The lowest BCUT2D eigenvalue weighted by molar-refractivity contribution is -0.385. The van der Waals surface area contributed by atoms with E-state index in [2.05, 4.69) is 5.32 Å². The maximum atomic E-state index is 11.9. The van der Waals surface area contributed by atoms with E-state index in [1.807, 2.05) is 0 Å². The van der Waals surface area contributed by atoms with Gasteiger partial charge in [-0.1, -0.05) is 29.8 Å². The molecule has 0 saturated carbocycles. The quantitative estimate of drug-likeness (QED) is 0.447. The van der Waals surface area contributed by atoms with Crippen molar-refractivity contribution in [1.29, 1.82) is 0 Å². The van der Waals surface area contributed by atoms with Crippen molar-refractivity contribution in [2.45, 2.75) is 26.4 Å². The molecule has 0 saturated heterocycles. The average Bonchev–Trinajstić information content (AvgIpc) is 2.62. The minimum atomic E-state index is -0.610. The molecule has 8 heteroatoms. The summed E-state index contributed by atoms with van der Waals surface area (Å²) in [5.41, 5.74) is 1.50. The Morgan fingerprint density at radius 1 is 1.15 bits per heavy atom. The number of nitrogens with one attached hydrogen (secondary N) is 1. The first kappa shape index (κ1) is 19.4. The Morgan fingerprint density at radius 3 is 2.62 bits per heavy atom. The van der Waals surface area contributed by atoms with Gasteiger partial charge in [-0.2, -0.15) is 0 Å². The molecular formula is C18H17ClN2O5. The lowest BCUT2D eigenvalue weighted by Gasteiger charge is -2.09. The molecule has 1 amide bonds. The Balaban J connectivity index is 1.83. The largest absolute Gasteiger partial charge is 0.461 e. The first-order valence-electron chi connectivity index (χ1n) is 7.81. The second-order valence-electron chi connectivity index (χ2n) is 5.51. The van der Waals surface area contributed by atoms with Crippen LogP contribution in [-0.4, -0.2) is 16.8 Å². The van der Waals surface area contributed by atoms with E-state index in [9.17, 15) is 19.7 Å². The molecule has 26 heavy (non-hydrogen) atoms. The predicted molar refractivity (Wildman–Crippen MR) is 96.9 cm³/mol. The van der Waals surface area contributed by atoms with Crippen LogP contribution < -0.4 is 5.32 Å². The molecule has 0 unspecified atom stereocenters. The minimum absolute atomic E-state index is 0.0678. The van der Waals surface area contributed by atoms with Crippen molar-refractivity contribution >= 4 is 34.9 Å². The molecule has 1 N–H and O–H groups in total. The van der Waals surface area contributed by atoms with Crippen molar-refractivity contribution in [2.24, 2.45) is 0 Å². The Hall–Kier alpha value is -2.93. The highest BCUT2D eigenvalue weighted by Crippen LogP contribution is 2.23. The van der Waals surface area contributed by atoms with E-state index in [4.69, 9.17) is 16.3 Å². The standard InChI is InChI=1S/C18H17ClN2O5/c1-12-14(19)6-4-7-15(12)20-17(22)9-10-18(23)26-11-13-5-2-3-8-16(13)21(24)25/h2-8H,9-11H2,1H3,(H,20,22). The zero-order chi connectivity index (χ0) is 19.1. The molecular weight excluding hydrogens is 360 g/mol. The van der Waals surface area contributed by atoms with Crippen LogP contribution in [0.25, 0.3) is 0 Å². The van der Waals surface area contributed by atoms with Crippen LogP contribution in [0.1, 0.15) is 24.0 Å². The lowest BCUT2D eigenvalue weighted by Crippen LogP contribution is -2.15. The van der Waals surface area contributed by atoms with E-state index < -0.39 is 10.9 Å². The van der Waals surface area contributed by atoms with Crippen LogP contribution in [0, 0.1) is 17.0 Å². The third kappa shape index (κ3) is 5.29. The second-order valence-corrected chi connectivity index (χ2v) is 5.91. The van der Waals surface area contributed by atoms with Crippen LogP contribution in [0.2, 0.25) is 5.02 Å². The average molecular weight is 377 g/mol. The summed E-state index contributed by atoms with van der Waals surface area (Å²) in [5.74, 6) is -0.959. The molecule has 0 aliphatic rings. The van der Waals surface area contributed by atoms with Crippen LogP contribution >= 0.6 is 11.6 Å². The molecule has 2 rings (SSSR count). The van der Waals surface area contributed by atoms with Crippen molar-refractivity contribution in [3.8, 4) is 0 Å². The third-order valence-corrected chi connectivity index (χ3v) is 4.08. The number of carbonyl (C=O) groups excluding carboxylic acids is 2. The van der Waals surface area contributed by atoms with Crippen LogP contribution in [0.3, 0.4) is 0 Å². The number of nitro groups is 1. The second kappa shape index (κ2) is 8.96. The van der Waals surface area contributed by atoms with E-state index in [0.29, 0.717) is 16.3 Å². The molecule has 0 bridgehead atoms. The maximum absolute atomic E-state index is 11.9. The van der Waals surface area contributed by atoms with Gasteiger partial charge in [0.2, 0.25) is 5.91 Å². The molecule has 0 aromatic heterocycles. The molecule has 0 atom stereocenters. The van der Waals surface area contributed by atoms with Gasteiger partial charge in [0.05, 0.1) is 16.9 Å². The molecule has 0 fully saturated rings. The van der Waals surface area contributed by atoms with E-state index in [-0.39, 0.29) is 31.0 Å². The molecule has 0 radical (unpaired) electrons. The number of nitro benzene ring substituents is 1. The molecule has 7 nitrogen and oxygen atoms in total. The number of hydrogen-bond acceptors (Lipinski definition) is 5. The number of halogens is 1. The van der Waals surface area contributed by atoms with Gasteiger partial charge in [-0.05, 0) is 30.7 Å². The number of benzene rings is 2. The smallest absolute Gasteiger partial charge is 0.306 e. The fourth-order valence-corrected chi connectivity index (χ4v) is 2.39. The molecule has 2 aromatic carbocycles. The SMILES string of the molecule is Cc1c(Cl)cccc1NC(=O)CCC(=O)OCc1ccccc1[N+](=O)[O-]. The zero-order valence-electron chi connectivity index (χ0n) is 14.0. The topological polar surface area (TPSA) is 98.5 Å². The molecule has 2 aromatic rings. The Morgan fingerprint density at radius 2 is 1.88 bits per heavy atom. The molecule has 0 aliphatic heterocycles. The van der Waals surface area contributed by atoms with Crippen LogP contribution in [0.15, 0.2) is 42.5 Å². The Bertz CT molecular complexity index is 838. The van der Waals surface area contributed by atoms with E-state index >= 15 is 0 Å². The monoisotopic (exact) mass is 376 g/mol. The summed E-state index contributed by atoms with van der Waals surface area (Å²) >= 11 is 5.99. The van der Waals surface area contributed by atoms with E-state index in [1.165, 1.54) is 18.2 Å². The number of amides is 1. The van der Waals surface area contributed by atoms with Crippen LogP contribution in [0.5, 0.6) is 0 Å². The maximum Gasteiger partial charge on any atom is 0.306 e. The minimum Gasteiger partial charge on any atom is -0.461 e. The van der Waals surface area contributed by atoms with Gasteiger partial charge in [-0.3, -0.25) is 19.7 Å². The predicted octanol–water partition coefficient (Wildman–Crippen LogP) is 4.02. The van der Waals surface area contributed by atoms with Gasteiger partial charge in [0.1, 0.15) is 6.61 Å². The van der Waals surface area contributed by atoms with Gasteiger partial charge in [0.25, 0.3) is 5.69 Å². The Kier molecular flexibility index (Phi) is 6.68. The molecule has 0 aliphatic carbocycles. The fourth-order valence-electron chi connectivity index (χ4n) is 2.21. The zero-order valence-corrected chi connectivity index (χ0v) is 14.8. The van der Waals surface area contributed by atoms with Crippen molar-refractivity contribution in [3.05, 3.63) is 68.7 Å². The van der Waals surface area contributed by atoms with Crippen molar-refractivity contribution in [1.82, 2.24) is 0 Å². The van der Waals surface area contributed by atoms with Crippen molar-refractivity contribution < 1.29 is 19.2 Å². The molecule has 0 spiro atoms. The molecule has 0 heterocycles. The summed E-state index contributed by atoms with van der Waals surface area (Å²) in [5, 5.41) is 14.1. The third-order valence-electron chi connectivity index (χ3n) is 3.67. The normalized spacial score (nSPS) is 10.2.